The Labute approximate surface area is 151 Å². The molecule has 1 unspecified atom stereocenters. The fraction of sp³-hybridized carbons (Fsp3) is 0.647. The highest BCUT2D eigenvalue weighted by molar-refractivity contribution is 7.13. The number of rotatable bonds is 7. The van der Waals surface area contributed by atoms with E-state index in [1.165, 1.54) is 19.3 Å². The zero-order valence-corrected chi connectivity index (χ0v) is 15.4. The molecule has 8 heteroatoms. The van der Waals surface area contributed by atoms with Crippen molar-refractivity contribution in [2.45, 2.75) is 58.4 Å². The van der Waals surface area contributed by atoms with Gasteiger partial charge in [-0.1, -0.05) is 19.3 Å². The molecule has 1 aromatic heterocycles. The maximum Gasteiger partial charge on any atom is 0.347 e. The number of amides is 2. The molecule has 0 bridgehead atoms. The van der Waals surface area contributed by atoms with Crippen molar-refractivity contribution >= 4 is 29.1 Å². The van der Waals surface area contributed by atoms with Crippen molar-refractivity contribution in [3.05, 3.63) is 15.6 Å². The summed E-state index contributed by atoms with van der Waals surface area (Å²) in [7, 11) is 0. The molecule has 25 heavy (non-hydrogen) atoms. The number of aryl methyl sites for hydroxylation is 1. The summed E-state index contributed by atoms with van der Waals surface area (Å²) >= 11 is 1.05. The SMILES string of the molecule is Cc1nc(C(C)NC(=O)CNC(=O)CC2CCCCC2)sc1C(=O)O. The molecule has 0 radical (unpaired) electrons. The van der Waals surface area contributed by atoms with E-state index in [-0.39, 0.29) is 23.2 Å². The van der Waals surface area contributed by atoms with Crippen LogP contribution in [0.25, 0.3) is 0 Å². The van der Waals surface area contributed by atoms with Gasteiger partial charge >= 0.3 is 5.97 Å². The van der Waals surface area contributed by atoms with E-state index in [4.69, 9.17) is 5.11 Å². The summed E-state index contributed by atoms with van der Waals surface area (Å²) in [5, 5.41) is 15.0. The maximum atomic E-state index is 12.0. The Bertz CT molecular complexity index is 638. The van der Waals surface area contributed by atoms with E-state index >= 15 is 0 Å². The minimum absolute atomic E-state index is 0.0773. The molecule has 1 aromatic rings. The van der Waals surface area contributed by atoms with Gasteiger partial charge in [0.25, 0.3) is 0 Å². The third kappa shape index (κ3) is 5.81. The Kier molecular flexibility index (Phi) is 6.92. The number of carbonyl (C=O) groups is 3. The van der Waals surface area contributed by atoms with E-state index in [9.17, 15) is 14.4 Å². The van der Waals surface area contributed by atoms with Crippen molar-refractivity contribution in [3.8, 4) is 0 Å². The highest BCUT2D eigenvalue weighted by Crippen LogP contribution is 2.26. The number of carboxylic acid groups (broad SMARTS) is 1. The summed E-state index contributed by atoms with van der Waals surface area (Å²) < 4.78 is 0. The van der Waals surface area contributed by atoms with E-state index in [1.807, 2.05) is 0 Å². The highest BCUT2D eigenvalue weighted by atomic mass is 32.1. The molecule has 0 spiro atoms. The van der Waals surface area contributed by atoms with Crippen LogP contribution in [0.2, 0.25) is 0 Å². The monoisotopic (exact) mass is 367 g/mol. The van der Waals surface area contributed by atoms with Crippen LogP contribution < -0.4 is 10.6 Å². The summed E-state index contributed by atoms with van der Waals surface area (Å²) in [6.45, 7) is 3.29. The molecule has 1 saturated carbocycles. The van der Waals surface area contributed by atoms with Gasteiger partial charge in [0.2, 0.25) is 11.8 Å². The van der Waals surface area contributed by atoms with Gasteiger partial charge in [0.1, 0.15) is 9.88 Å². The second-order valence-corrected chi connectivity index (χ2v) is 7.58. The largest absolute Gasteiger partial charge is 0.477 e. The second-order valence-electron chi connectivity index (χ2n) is 6.55. The molecular weight excluding hydrogens is 342 g/mol. The Morgan fingerprint density at radius 3 is 2.52 bits per heavy atom. The van der Waals surface area contributed by atoms with Gasteiger partial charge in [0, 0.05) is 6.42 Å². The Morgan fingerprint density at radius 1 is 1.24 bits per heavy atom. The number of nitrogens with one attached hydrogen (secondary N) is 2. The third-order valence-corrected chi connectivity index (χ3v) is 5.73. The topological polar surface area (TPSA) is 108 Å². The van der Waals surface area contributed by atoms with Gasteiger partial charge in [-0.2, -0.15) is 0 Å². The first kappa shape index (κ1) is 19.4. The fourth-order valence-electron chi connectivity index (χ4n) is 3.06. The van der Waals surface area contributed by atoms with Crippen molar-refractivity contribution in [2.24, 2.45) is 5.92 Å². The number of aromatic nitrogens is 1. The summed E-state index contributed by atoms with van der Waals surface area (Å²) in [6.07, 6.45) is 6.27. The summed E-state index contributed by atoms with van der Waals surface area (Å²) in [4.78, 5) is 39.3. The molecule has 3 N–H and O–H groups in total. The summed E-state index contributed by atoms with van der Waals surface area (Å²) in [5.41, 5.74) is 0.439. The molecule has 1 aliphatic carbocycles. The smallest absolute Gasteiger partial charge is 0.347 e. The lowest BCUT2D eigenvalue weighted by molar-refractivity contribution is -0.127. The molecule has 2 rings (SSSR count). The molecule has 1 atom stereocenters. The minimum Gasteiger partial charge on any atom is -0.477 e. The van der Waals surface area contributed by atoms with Gasteiger partial charge in [-0.25, -0.2) is 9.78 Å². The highest BCUT2D eigenvalue weighted by Gasteiger charge is 2.20. The first-order valence-electron chi connectivity index (χ1n) is 8.63. The van der Waals surface area contributed by atoms with Crippen LogP contribution in [0.3, 0.4) is 0 Å². The van der Waals surface area contributed by atoms with Crippen LogP contribution >= 0.6 is 11.3 Å². The van der Waals surface area contributed by atoms with Crippen LogP contribution in [0.1, 0.15) is 71.9 Å². The van der Waals surface area contributed by atoms with Crippen LogP contribution in [0, 0.1) is 12.8 Å². The quantitative estimate of drug-likeness (QED) is 0.686. The van der Waals surface area contributed by atoms with Crippen LogP contribution in [0.5, 0.6) is 0 Å². The Hall–Kier alpha value is -1.96. The van der Waals surface area contributed by atoms with E-state index in [0.717, 1.165) is 24.2 Å². The Morgan fingerprint density at radius 2 is 1.92 bits per heavy atom. The number of aromatic carboxylic acids is 1. The molecule has 0 saturated heterocycles. The van der Waals surface area contributed by atoms with Crippen LogP contribution in [-0.2, 0) is 9.59 Å². The lowest BCUT2D eigenvalue weighted by Gasteiger charge is -2.20. The first-order chi connectivity index (χ1) is 11.9. The first-order valence-corrected chi connectivity index (χ1v) is 9.45. The number of hydrogen-bond donors (Lipinski definition) is 3. The molecule has 138 valence electrons. The lowest BCUT2D eigenvalue weighted by Crippen LogP contribution is -2.38. The van der Waals surface area contributed by atoms with Gasteiger partial charge in [-0.05, 0) is 32.6 Å². The van der Waals surface area contributed by atoms with E-state index in [1.54, 1.807) is 13.8 Å². The predicted octanol–water partition coefficient (Wildman–Crippen LogP) is 2.41. The fourth-order valence-corrected chi connectivity index (χ4v) is 3.97. The standard InChI is InChI=1S/C17H25N3O4S/c1-10-15(17(23)24)25-16(20-10)11(2)19-14(22)9-18-13(21)8-12-6-4-3-5-7-12/h11-12H,3-9H2,1-2H3,(H,18,21)(H,19,22)(H,23,24). The van der Waals surface area contributed by atoms with E-state index in [2.05, 4.69) is 15.6 Å². The average Bonchev–Trinajstić information content (AvgIpc) is 2.96. The van der Waals surface area contributed by atoms with Gasteiger partial charge < -0.3 is 15.7 Å². The molecule has 0 aliphatic heterocycles. The maximum absolute atomic E-state index is 12.0. The average molecular weight is 367 g/mol. The van der Waals surface area contributed by atoms with Crippen molar-refractivity contribution in [3.63, 3.8) is 0 Å². The number of carbonyl (C=O) groups excluding carboxylic acids is 2. The molecular formula is C17H25N3O4S. The second kappa shape index (κ2) is 8.94. The van der Waals surface area contributed by atoms with Crippen molar-refractivity contribution in [2.75, 3.05) is 6.54 Å². The van der Waals surface area contributed by atoms with Gasteiger partial charge in [-0.3, -0.25) is 9.59 Å². The minimum atomic E-state index is -1.02. The molecule has 7 nitrogen and oxygen atoms in total. The molecule has 1 fully saturated rings. The zero-order chi connectivity index (χ0) is 18.4. The van der Waals surface area contributed by atoms with Crippen LogP contribution in [0.15, 0.2) is 0 Å². The molecule has 0 aromatic carbocycles. The van der Waals surface area contributed by atoms with Gasteiger partial charge in [0.05, 0.1) is 18.3 Å². The van der Waals surface area contributed by atoms with E-state index < -0.39 is 12.0 Å². The van der Waals surface area contributed by atoms with Crippen molar-refractivity contribution < 1.29 is 19.5 Å². The van der Waals surface area contributed by atoms with Crippen molar-refractivity contribution in [1.82, 2.24) is 15.6 Å². The molecule has 1 heterocycles. The zero-order valence-electron chi connectivity index (χ0n) is 14.6. The van der Waals surface area contributed by atoms with E-state index in [0.29, 0.717) is 23.0 Å². The van der Waals surface area contributed by atoms with Gasteiger partial charge in [-0.15, -0.1) is 11.3 Å². The van der Waals surface area contributed by atoms with Crippen LogP contribution in [-0.4, -0.2) is 34.4 Å². The number of nitrogens with zero attached hydrogens (tertiary/aromatic N) is 1. The van der Waals surface area contributed by atoms with Crippen LogP contribution in [0.4, 0.5) is 0 Å². The lowest BCUT2D eigenvalue weighted by atomic mass is 9.87. The predicted molar refractivity (Wildman–Crippen MR) is 94.6 cm³/mol. The summed E-state index contributed by atoms with van der Waals surface area (Å²) in [6, 6.07) is -0.403. The summed E-state index contributed by atoms with van der Waals surface area (Å²) in [5.74, 6) is -0.986. The number of hydrogen-bond acceptors (Lipinski definition) is 5. The third-order valence-electron chi connectivity index (χ3n) is 4.40. The number of carboxylic acids is 1. The molecule has 1 aliphatic rings. The van der Waals surface area contributed by atoms with Gasteiger partial charge in [0.15, 0.2) is 0 Å². The number of thiazole rings is 1. The normalized spacial score (nSPS) is 16.2. The Balaban J connectivity index is 1.76. The van der Waals surface area contributed by atoms with Crippen molar-refractivity contribution in [1.29, 1.82) is 0 Å². The molecule has 2 amide bonds.